The zero-order valence-corrected chi connectivity index (χ0v) is 23.4. The van der Waals surface area contributed by atoms with Crippen LogP contribution in [0.15, 0.2) is 82.6 Å². The molecule has 0 spiro atoms. The van der Waals surface area contributed by atoms with Crippen LogP contribution in [0.5, 0.6) is 0 Å². The fourth-order valence-corrected chi connectivity index (χ4v) is 6.44. The van der Waals surface area contributed by atoms with Crippen LogP contribution in [0.4, 0.5) is 10.1 Å². The first kappa shape index (κ1) is 30.0. The number of primary sulfonamides is 1. The Morgan fingerprint density at radius 3 is 2.10 bits per heavy atom. The largest absolute Gasteiger partial charge is 0.462 e. The lowest BCUT2D eigenvalue weighted by Crippen LogP contribution is -2.46. The van der Waals surface area contributed by atoms with E-state index in [9.17, 15) is 35.6 Å². The van der Waals surface area contributed by atoms with Gasteiger partial charge in [-0.15, -0.1) is 0 Å². The minimum Gasteiger partial charge on any atom is -0.462 e. The van der Waals surface area contributed by atoms with Gasteiger partial charge in [0.15, 0.2) is 0 Å². The van der Waals surface area contributed by atoms with Crippen molar-refractivity contribution >= 4 is 43.5 Å². The molecule has 14 heteroatoms. The van der Waals surface area contributed by atoms with E-state index in [1.165, 1.54) is 48.5 Å². The predicted octanol–water partition coefficient (Wildman–Crippen LogP) is 2.22. The van der Waals surface area contributed by atoms with Gasteiger partial charge in [0.05, 0.1) is 34.1 Å². The van der Waals surface area contributed by atoms with E-state index in [4.69, 9.17) is 9.88 Å². The van der Waals surface area contributed by atoms with Gasteiger partial charge in [0.1, 0.15) is 11.9 Å². The van der Waals surface area contributed by atoms with Gasteiger partial charge in [-0.2, -0.15) is 4.31 Å². The summed E-state index contributed by atoms with van der Waals surface area (Å²) in [5.41, 5.74) is 0.897. The number of rotatable bonds is 10. The summed E-state index contributed by atoms with van der Waals surface area (Å²) in [4.78, 5) is 39.0. The van der Waals surface area contributed by atoms with Crippen molar-refractivity contribution < 1.29 is 40.3 Å². The maximum atomic E-state index is 13.7. The second-order valence-electron chi connectivity index (χ2n) is 9.06. The van der Waals surface area contributed by atoms with Crippen molar-refractivity contribution in [1.29, 1.82) is 0 Å². The fourth-order valence-electron chi connectivity index (χ4n) is 4.34. The molecule has 4 rings (SSSR count). The molecule has 2 N–H and O–H groups in total. The van der Waals surface area contributed by atoms with Crippen molar-refractivity contribution in [3.05, 3.63) is 89.7 Å². The molecule has 41 heavy (non-hydrogen) atoms. The first-order valence-corrected chi connectivity index (χ1v) is 15.3. The molecule has 0 aromatic heterocycles. The number of carbonyl (C=O) groups is 3. The number of carbonyl (C=O) groups excluding carboxylic acids is 3. The summed E-state index contributed by atoms with van der Waals surface area (Å²) in [5, 5.41) is 5.13. The number of imide groups is 1. The minimum absolute atomic E-state index is 0.0531. The quantitative estimate of drug-likeness (QED) is 0.273. The molecule has 1 heterocycles. The van der Waals surface area contributed by atoms with Crippen molar-refractivity contribution in [3.8, 4) is 0 Å². The number of hydrogen-bond acceptors (Lipinski definition) is 8. The third kappa shape index (κ3) is 6.51. The van der Waals surface area contributed by atoms with Crippen molar-refractivity contribution in [1.82, 2.24) is 4.31 Å². The highest BCUT2D eigenvalue weighted by Crippen LogP contribution is 2.30. The van der Waals surface area contributed by atoms with Gasteiger partial charge in [-0.25, -0.2) is 36.1 Å². The third-order valence-electron chi connectivity index (χ3n) is 6.40. The summed E-state index contributed by atoms with van der Waals surface area (Å²) >= 11 is 0. The number of anilines is 1. The van der Waals surface area contributed by atoms with Crippen molar-refractivity contribution in [2.24, 2.45) is 5.14 Å². The average molecular weight is 604 g/mol. The van der Waals surface area contributed by atoms with Gasteiger partial charge in [-0.1, -0.05) is 12.1 Å². The van der Waals surface area contributed by atoms with Crippen molar-refractivity contribution in [3.63, 3.8) is 0 Å². The predicted molar refractivity (Wildman–Crippen MR) is 145 cm³/mol. The van der Waals surface area contributed by atoms with Gasteiger partial charge < -0.3 is 4.74 Å². The van der Waals surface area contributed by atoms with Gasteiger partial charge >= 0.3 is 5.97 Å². The lowest BCUT2D eigenvalue weighted by atomic mass is 10.1. The van der Waals surface area contributed by atoms with Gasteiger partial charge in [0, 0.05) is 6.54 Å². The lowest BCUT2D eigenvalue weighted by Gasteiger charge is -2.27. The van der Waals surface area contributed by atoms with Crippen LogP contribution >= 0.6 is 0 Å². The van der Waals surface area contributed by atoms with Gasteiger partial charge in [-0.3, -0.25) is 9.59 Å². The van der Waals surface area contributed by atoms with Crippen LogP contribution in [0.2, 0.25) is 0 Å². The zero-order valence-electron chi connectivity index (χ0n) is 21.8. The molecule has 1 aliphatic rings. The topological polar surface area (TPSA) is 161 Å². The summed E-state index contributed by atoms with van der Waals surface area (Å²) in [6.45, 7) is 1.56. The van der Waals surface area contributed by atoms with Crippen LogP contribution in [0, 0.1) is 5.82 Å². The number of halogens is 1. The Kier molecular flexibility index (Phi) is 8.68. The third-order valence-corrected chi connectivity index (χ3v) is 9.25. The number of ether oxygens (including phenoxy) is 1. The number of benzene rings is 3. The van der Waals surface area contributed by atoms with E-state index in [2.05, 4.69) is 0 Å². The average Bonchev–Trinajstić information content (AvgIpc) is 3.22. The first-order valence-electron chi connectivity index (χ1n) is 12.4. The molecule has 1 unspecified atom stereocenters. The SMILES string of the molecule is CCOC(=O)c1ccc(N2C(=O)CC(N(CCc3ccc(S(N)(=O)=O)cc3)S(=O)(=O)c3ccc(F)cc3)C2=O)cc1. The van der Waals surface area contributed by atoms with Crippen molar-refractivity contribution in [2.45, 2.75) is 35.6 Å². The molecule has 0 aliphatic carbocycles. The van der Waals surface area contributed by atoms with Crippen LogP contribution in [0.1, 0.15) is 29.3 Å². The van der Waals surface area contributed by atoms with E-state index >= 15 is 0 Å². The summed E-state index contributed by atoms with van der Waals surface area (Å²) in [5.74, 6) is -2.69. The summed E-state index contributed by atoms with van der Waals surface area (Å²) in [6.07, 6.45) is -0.402. The van der Waals surface area contributed by atoms with E-state index in [0.29, 0.717) is 5.56 Å². The molecular formula is C27H26FN3O8S2. The molecule has 11 nitrogen and oxygen atoms in total. The molecule has 1 aliphatic heterocycles. The van der Waals surface area contributed by atoms with Gasteiger partial charge in [0.2, 0.25) is 26.0 Å². The van der Waals surface area contributed by atoms with E-state index in [-0.39, 0.29) is 40.6 Å². The lowest BCUT2D eigenvalue weighted by molar-refractivity contribution is -0.122. The minimum atomic E-state index is -4.40. The number of nitrogens with zero attached hydrogens (tertiary/aromatic N) is 2. The Morgan fingerprint density at radius 1 is 0.951 bits per heavy atom. The summed E-state index contributed by atoms with van der Waals surface area (Å²) in [6, 6.07) is 13.7. The van der Waals surface area contributed by atoms with Gasteiger partial charge in [0.25, 0.3) is 5.91 Å². The first-order chi connectivity index (χ1) is 19.3. The number of nitrogens with two attached hydrogens (primary N) is 1. The Labute approximate surface area is 236 Å². The fraction of sp³-hybridized carbons (Fsp3) is 0.222. The Balaban J connectivity index is 1.65. The van der Waals surface area contributed by atoms with Gasteiger partial charge in [-0.05, 0) is 79.6 Å². The molecule has 1 atom stereocenters. The molecular weight excluding hydrogens is 577 g/mol. The normalized spacial score (nSPS) is 15.9. The highest BCUT2D eigenvalue weighted by molar-refractivity contribution is 7.89. The molecule has 216 valence electrons. The molecule has 0 saturated carbocycles. The smallest absolute Gasteiger partial charge is 0.338 e. The molecule has 0 bridgehead atoms. The highest BCUT2D eigenvalue weighted by Gasteiger charge is 2.46. The van der Waals surface area contributed by atoms with E-state index < -0.39 is 56.1 Å². The highest BCUT2D eigenvalue weighted by atomic mass is 32.2. The second kappa shape index (κ2) is 11.9. The van der Waals surface area contributed by atoms with Crippen molar-refractivity contribution in [2.75, 3.05) is 18.1 Å². The van der Waals surface area contributed by atoms with E-state index in [0.717, 1.165) is 33.5 Å². The van der Waals surface area contributed by atoms with E-state index in [1.807, 2.05) is 0 Å². The number of hydrogen-bond donors (Lipinski definition) is 1. The van der Waals surface area contributed by atoms with Crippen LogP contribution < -0.4 is 10.0 Å². The number of esters is 1. The Morgan fingerprint density at radius 2 is 1.54 bits per heavy atom. The maximum Gasteiger partial charge on any atom is 0.338 e. The van der Waals surface area contributed by atoms with E-state index in [1.54, 1.807) is 6.92 Å². The standard InChI is InChI=1S/C27H26FN3O8S2/c1-2-39-27(34)19-5-9-21(10-6-19)31-25(32)17-24(26(31)33)30(41(37,38)23-13-7-20(28)8-14-23)16-15-18-3-11-22(12-4-18)40(29,35)36/h3-14,24H,2,15-17H2,1H3,(H2,29,35,36). The molecule has 3 aromatic carbocycles. The van der Waals surface area contributed by atoms with Crippen LogP contribution in [-0.4, -0.2) is 58.1 Å². The summed E-state index contributed by atoms with van der Waals surface area (Å²) < 4.78 is 69.9. The Bertz CT molecular complexity index is 1680. The van der Waals surface area contributed by atoms with Crippen LogP contribution in [-0.2, 0) is 40.8 Å². The summed E-state index contributed by atoms with van der Waals surface area (Å²) in [7, 11) is -8.33. The molecule has 0 radical (unpaired) electrons. The maximum absolute atomic E-state index is 13.7. The van der Waals surface area contributed by atoms with Crippen LogP contribution in [0.25, 0.3) is 0 Å². The molecule has 2 amide bonds. The molecule has 3 aromatic rings. The zero-order chi connectivity index (χ0) is 29.9. The number of sulfonamides is 2. The molecule has 1 saturated heterocycles. The Hall–Kier alpha value is -3.98. The monoisotopic (exact) mass is 603 g/mol. The van der Waals surface area contributed by atoms with Crippen LogP contribution in [0.3, 0.4) is 0 Å². The second-order valence-corrected chi connectivity index (χ2v) is 12.5. The number of amides is 2. The molecule has 1 fully saturated rings.